The van der Waals surface area contributed by atoms with Gasteiger partial charge < -0.3 is 15.1 Å². The number of carbonyl (C=O) groups is 2. The smallest absolute Gasteiger partial charge is 0.255 e. The van der Waals surface area contributed by atoms with E-state index in [1.165, 1.54) is 0 Å². The van der Waals surface area contributed by atoms with Gasteiger partial charge in [0.25, 0.3) is 11.8 Å². The van der Waals surface area contributed by atoms with Crippen molar-refractivity contribution in [2.24, 2.45) is 0 Å². The predicted molar refractivity (Wildman–Crippen MR) is 105 cm³/mol. The van der Waals surface area contributed by atoms with Gasteiger partial charge >= 0.3 is 0 Å². The first-order valence-corrected chi connectivity index (χ1v) is 8.74. The molecule has 1 heterocycles. The molecule has 0 aliphatic carbocycles. The van der Waals surface area contributed by atoms with E-state index in [4.69, 9.17) is 4.42 Å². The summed E-state index contributed by atoms with van der Waals surface area (Å²) in [6.45, 7) is 6.25. The third-order valence-corrected chi connectivity index (χ3v) is 4.31. The molecule has 2 N–H and O–H groups in total. The quantitative estimate of drug-likeness (QED) is 0.707. The van der Waals surface area contributed by atoms with E-state index in [1.807, 2.05) is 32.9 Å². The first kappa shape index (κ1) is 18.5. The van der Waals surface area contributed by atoms with E-state index in [2.05, 4.69) is 10.6 Å². The molecule has 0 unspecified atom stereocenters. The number of carbonyl (C=O) groups excluding carboxylic acids is 2. The molecular formula is C22H22N2O3. The fraction of sp³-hybridized carbons (Fsp3) is 0.182. The molecular weight excluding hydrogens is 340 g/mol. The Morgan fingerprint density at radius 3 is 2.19 bits per heavy atom. The summed E-state index contributed by atoms with van der Waals surface area (Å²) in [7, 11) is 0. The average Bonchev–Trinajstić information content (AvgIpc) is 3.16. The Morgan fingerprint density at radius 1 is 0.889 bits per heavy atom. The van der Waals surface area contributed by atoms with E-state index in [9.17, 15) is 9.59 Å². The van der Waals surface area contributed by atoms with E-state index in [0.29, 0.717) is 23.4 Å². The van der Waals surface area contributed by atoms with Gasteiger partial charge in [-0.05, 0) is 62.2 Å². The fourth-order valence-corrected chi connectivity index (χ4v) is 3.05. The van der Waals surface area contributed by atoms with Crippen LogP contribution in [0.15, 0.2) is 59.2 Å². The third-order valence-electron chi connectivity index (χ3n) is 4.31. The van der Waals surface area contributed by atoms with Gasteiger partial charge in [0.05, 0.1) is 12.8 Å². The number of anilines is 1. The van der Waals surface area contributed by atoms with Crippen LogP contribution in [0.25, 0.3) is 0 Å². The Bertz CT molecular complexity index is 952. The highest BCUT2D eigenvalue weighted by atomic mass is 16.3. The van der Waals surface area contributed by atoms with Crippen LogP contribution in [0.5, 0.6) is 0 Å². The molecule has 0 fully saturated rings. The van der Waals surface area contributed by atoms with Gasteiger partial charge in [0.15, 0.2) is 0 Å². The lowest BCUT2D eigenvalue weighted by atomic mass is 10.0. The van der Waals surface area contributed by atoms with Crippen molar-refractivity contribution in [2.75, 3.05) is 5.32 Å². The largest absolute Gasteiger partial charge is 0.467 e. The fourth-order valence-electron chi connectivity index (χ4n) is 3.05. The van der Waals surface area contributed by atoms with Crippen LogP contribution in [0.2, 0.25) is 0 Å². The SMILES string of the molecule is Cc1cc(C)c(NC(=O)c2cccc(C(=O)NCc3ccco3)c2)c(C)c1. The van der Waals surface area contributed by atoms with Crippen molar-refractivity contribution < 1.29 is 14.0 Å². The van der Waals surface area contributed by atoms with Gasteiger partial charge in [0.1, 0.15) is 5.76 Å². The Kier molecular flexibility index (Phi) is 5.41. The molecule has 5 heteroatoms. The lowest BCUT2D eigenvalue weighted by molar-refractivity contribution is 0.0948. The van der Waals surface area contributed by atoms with Crippen molar-refractivity contribution in [2.45, 2.75) is 27.3 Å². The first-order chi connectivity index (χ1) is 12.9. The lowest BCUT2D eigenvalue weighted by Gasteiger charge is -2.13. The van der Waals surface area contributed by atoms with E-state index in [0.717, 1.165) is 22.4 Å². The van der Waals surface area contributed by atoms with E-state index in [1.54, 1.807) is 42.7 Å². The molecule has 0 spiro atoms. The highest BCUT2D eigenvalue weighted by Crippen LogP contribution is 2.22. The van der Waals surface area contributed by atoms with E-state index in [-0.39, 0.29) is 11.8 Å². The summed E-state index contributed by atoms with van der Waals surface area (Å²) in [5.41, 5.74) is 4.82. The summed E-state index contributed by atoms with van der Waals surface area (Å²) in [4.78, 5) is 25.0. The van der Waals surface area contributed by atoms with E-state index < -0.39 is 0 Å². The summed E-state index contributed by atoms with van der Waals surface area (Å²) < 4.78 is 5.20. The van der Waals surface area contributed by atoms with Crippen LogP contribution in [-0.4, -0.2) is 11.8 Å². The number of aryl methyl sites for hydroxylation is 3. The number of hydrogen-bond donors (Lipinski definition) is 2. The lowest BCUT2D eigenvalue weighted by Crippen LogP contribution is -2.23. The highest BCUT2D eigenvalue weighted by molar-refractivity contribution is 6.06. The molecule has 0 radical (unpaired) electrons. The number of nitrogens with one attached hydrogen (secondary N) is 2. The zero-order valence-corrected chi connectivity index (χ0v) is 15.6. The van der Waals surface area contributed by atoms with Crippen molar-refractivity contribution in [1.82, 2.24) is 5.32 Å². The summed E-state index contributed by atoms with van der Waals surface area (Å²) >= 11 is 0. The Morgan fingerprint density at radius 2 is 1.56 bits per heavy atom. The second kappa shape index (κ2) is 7.91. The normalized spacial score (nSPS) is 10.5. The van der Waals surface area contributed by atoms with Gasteiger partial charge in [-0.15, -0.1) is 0 Å². The second-order valence-electron chi connectivity index (χ2n) is 6.57. The maximum atomic E-state index is 12.7. The standard InChI is InChI=1S/C22H22N2O3/c1-14-10-15(2)20(16(3)11-14)24-22(26)18-7-4-6-17(12-18)21(25)23-13-19-8-5-9-27-19/h4-12H,13H2,1-3H3,(H,23,25)(H,24,26). The number of furan rings is 1. The molecule has 0 aliphatic heterocycles. The number of rotatable bonds is 5. The summed E-state index contributed by atoms with van der Waals surface area (Å²) in [6.07, 6.45) is 1.56. The predicted octanol–water partition coefficient (Wildman–Crippen LogP) is 4.39. The molecule has 1 aromatic heterocycles. The average molecular weight is 362 g/mol. The number of hydrogen-bond acceptors (Lipinski definition) is 3. The summed E-state index contributed by atoms with van der Waals surface area (Å²) in [5, 5.41) is 5.73. The van der Waals surface area contributed by atoms with Gasteiger partial charge in [-0.3, -0.25) is 9.59 Å². The molecule has 0 atom stereocenters. The zero-order valence-electron chi connectivity index (χ0n) is 15.6. The van der Waals surface area contributed by atoms with Crippen LogP contribution in [0.3, 0.4) is 0 Å². The monoisotopic (exact) mass is 362 g/mol. The van der Waals surface area contributed by atoms with Crippen LogP contribution in [-0.2, 0) is 6.54 Å². The van der Waals surface area contributed by atoms with Crippen molar-refractivity contribution in [3.8, 4) is 0 Å². The van der Waals surface area contributed by atoms with Crippen LogP contribution < -0.4 is 10.6 Å². The zero-order chi connectivity index (χ0) is 19.4. The molecule has 3 aromatic rings. The minimum Gasteiger partial charge on any atom is -0.467 e. The first-order valence-electron chi connectivity index (χ1n) is 8.74. The molecule has 138 valence electrons. The highest BCUT2D eigenvalue weighted by Gasteiger charge is 2.13. The van der Waals surface area contributed by atoms with E-state index >= 15 is 0 Å². The van der Waals surface area contributed by atoms with Gasteiger partial charge in [-0.1, -0.05) is 23.8 Å². The molecule has 27 heavy (non-hydrogen) atoms. The number of amides is 2. The third kappa shape index (κ3) is 4.44. The Labute approximate surface area is 158 Å². The number of benzene rings is 2. The van der Waals surface area contributed by atoms with Crippen LogP contribution >= 0.6 is 0 Å². The van der Waals surface area contributed by atoms with Gasteiger partial charge in [-0.2, -0.15) is 0 Å². The molecule has 2 amide bonds. The maximum absolute atomic E-state index is 12.7. The molecule has 0 saturated heterocycles. The van der Waals surface area contributed by atoms with Crippen molar-refractivity contribution in [3.63, 3.8) is 0 Å². The maximum Gasteiger partial charge on any atom is 0.255 e. The Balaban J connectivity index is 1.73. The molecule has 0 bridgehead atoms. The van der Waals surface area contributed by atoms with Crippen LogP contribution in [0, 0.1) is 20.8 Å². The Hall–Kier alpha value is -3.34. The molecule has 0 aliphatic rings. The minimum absolute atomic E-state index is 0.245. The second-order valence-corrected chi connectivity index (χ2v) is 6.57. The molecule has 2 aromatic carbocycles. The summed E-state index contributed by atoms with van der Waals surface area (Å²) in [6, 6.07) is 14.3. The molecule has 5 nitrogen and oxygen atoms in total. The van der Waals surface area contributed by atoms with Gasteiger partial charge in [0.2, 0.25) is 0 Å². The van der Waals surface area contributed by atoms with Gasteiger partial charge in [-0.25, -0.2) is 0 Å². The van der Waals surface area contributed by atoms with Crippen molar-refractivity contribution >= 4 is 17.5 Å². The van der Waals surface area contributed by atoms with Crippen molar-refractivity contribution in [3.05, 3.63) is 88.4 Å². The van der Waals surface area contributed by atoms with Crippen LogP contribution in [0.4, 0.5) is 5.69 Å². The summed E-state index contributed by atoms with van der Waals surface area (Å²) in [5.74, 6) is 0.164. The molecule has 0 saturated carbocycles. The van der Waals surface area contributed by atoms with Crippen molar-refractivity contribution in [1.29, 1.82) is 0 Å². The topological polar surface area (TPSA) is 71.3 Å². The van der Waals surface area contributed by atoms with Crippen LogP contribution in [0.1, 0.15) is 43.2 Å². The van der Waals surface area contributed by atoms with Gasteiger partial charge in [0, 0.05) is 16.8 Å². The molecule has 3 rings (SSSR count). The minimum atomic E-state index is -0.260.